The third-order valence-corrected chi connectivity index (χ3v) is 6.74. The Labute approximate surface area is 208 Å². The van der Waals surface area contributed by atoms with Crippen LogP contribution in [0.5, 0.6) is 0 Å². The van der Waals surface area contributed by atoms with Gasteiger partial charge in [0.25, 0.3) is 0 Å². The maximum absolute atomic E-state index is 5.96. The molecular weight excluding hydrogens is 460 g/mol. The van der Waals surface area contributed by atoms with E-state index < -0.39 is 0 Å². The highest BCUT2D eigenvalue weighted by Gasteiger charge is 2.14. The van der Waals surface area contributed by atoms with Gasteiger partial charge in [-0.15, -0.1) is 0 Å². The fourth-order valence-corrected chi connectivity index (χ4v) is 4.79. The molecule has 0 radical (unpaired) electrons. The second-order valence-electron chi connectivity index (χ2n) is 8.51. The molecule has 1 aliphatic heterocycles. The average Bonchev–Trinajstić information content (AvgIpc) is 3.55. The number of H-pyrrole nitrogens is 2. The number of nitrogens with zero attached hydrogens (tertiary/aromatic N) is 5. The lowest BCUT2D eigenvalue weighted by atomic mass is 10.1. The first-order valence-corrected chi connectivity index (χ1v) is 12.1. The van der Waals surface area contributed by atoms with Gasteiger partial charge in [0.2, 0.25) is 0 Å². The summed E-state index contributed by atoms with van der Waals surface area (Å²) in [6.45, 7) is 9.16. The number of rotatable bonds is 4. The van der Waals surface area contributed by atoms with E-state index in [1.165, 1.54) is 34.4 Å². The average molecular weight is 487 g/mol. The second kappa shape index (κ2) is 9.46. The molecule has 0 saturated heterocycles. The Kier molecular flexibility index (Phi) is 6.21. The smallest absolute Gasteiger partial charge is 0.143 e. The van der Waals surface area contributed by atoms with Gasteiger partial charge in [-0.05, 0) is 61.1 Å². The molecule has 3 N–H and O–H groups in total. The Morgan fingerprint density at radius 2 is 1.54 bits per heavy atom. The van der Waals surface area contributed by atoms with Gasteiger partial charge in [0.15, 0.2) is 0 Å². The lowest BCUT2D eigenvalue weighted by Crippen LogP contribution is -1.97. The zero-order valence-electron chi connectivity index (χ0n) is 20.2. The number of anilines is 2. The van der Waals surface area contributed by atoms with Gasteiger partial charge in [0.05, 0.1) is 17.3 Å². The number of aryl methyl sites for hydroxylation is 4. The van der Waals surface area contributed by atoms with Crippen molar-refractivity contribution in [1.29, 1.82) is 0 Å². The highest BCUT2D eigenvalue weighted by Crippen LogP contribution is 2.29. The van der Waals surface area contributed by atoms with Crippen LogP contribution in [-0.2, 0) is 19.4 Å². The van der Waals surface area contributed by atoms with Crippen molar-refractivity contribution in [3.8, 4) is 0 Å². The van der Waals surface area contributed by atoms with Crippen molar-refractivity contribution < 1.29 is 0 Å². The Morgan fingerprint density at radius 1 is 0.886 bits per heavy atom. The Balaban J connectivity index is 0.000000166. The van der Waals surface area contributed by atoms with Crippen LogP contribution < -0.4 is 5.32 Å². The van der Waals surface area contributed by atoms with Gasteiger partial charge in [-0.2, -0.15) is 0 Å². The minimum atomic E-state index is 0.526. The van der Waals surface area contributed by atoms with Crippen LogP contribution in [0, 0.1) is 13.8 Å². The molecule has 5 heterocycles. The number of fused-ring (bicyclic) bond motifs is 3. The minimum absolute atomic E-state index is 0.526. The minimum Gasteiger partial charge on any atom is -0.343 e. The van der Waals surface area contributed by atoms with Crippen molar-refractivity contribution in [1.82, 2.24) is 29.9 Å². The summed E-state index contributed by atoms with van der Waals surface area (Å²) in [7, 11) is 0. The molecule has 178 valence electrons. The molecule has 0 amide bonds. The van der Waals surface area contributed by atoms with Gasteiger partial charge in [-0.25, -0.2) is 19.9 Å². The molecule has 0 bridgehead atoms. The van der Waals surface area contributed by atoms with Gasteiger partial charge in [-0.3, -0.25) is 4.99 Å². The van der Waals surface area contributed by atoms with E-state index >= 15 is 0 Å². The number of halogens is 1. The predicted molar refractivity (Wildman–Crippen MR) is 142 cm³/mol. The quantitative estimate of drug-likeness (QED) is 0.270. The number of hydrogen-bond acceptors (Lipinski definition) is 6. The summed E-state index contributed by atoms with van der Waals surface area (Å²) < 4.78 is 0. The summed E-state index contributed by atoms with van der Waals surface area (Å²) in [5, 5.41) is 5.96. The number of aromatic amines is 2. The van der Waals surface area contributed by atoms with Gasteiger partial charge in [0.1, 0.15) is 34.9 Å². The topological polar surface area (TPSA) is 108 Å². The molecule has 1 aromatic carbocycles. The first-order chi connectivity index (χ1) is 17.0. The highest BCUT2D eigenvalue weighted by atomic mass is 35.5. The molecule has 0 fully saturated rings. The first-order valence-electron chi connectivity index (χ1n) is 11.7. The maximum atomic E-state index is 5.96. The van der Waals surface area contributed by atoms with E-state index in [1.807, 2.05) is 13.1 Å². The van der Waals surface area contributed by atoms with Crippen molar-refractivity contribution in [3.05, 3.63) is 69.6 Å². The molecule has 0 saturated carbocycles. The lowest BCUT2D eigenvalue weighted by molar-refractivity contribution is 1.05. The third-order valence-electron chi connectivity index (χ3n) is 6.45. The van der Waals surface area contributed by atoms with Crippen molar-refractivity contribution in [2.24, 2.45) is 4.99 Å². The summed E-state index contributed by atoms with van der Waals surface area (Å²) >= 11 is 5.96. The standard InChI is InChI=1S/C17H17N5.C9H10ClN3/c1-3-14-10(2)15-16(19-9-20-17(15)22-14)21-13-5-4-11-7-18-8-12(11)6-13;1-3-6-5(2)7-8(10)11-4-12-9(7)13-6/h4-6,8-9H,3,7H2,1-2H3,(H2,19,20,21,22);4H,3H2,1-2H3,(H,11,12,13). The number of aromatic nitrogens is 6. The SMILES string of the molecule is CCc1[nH]c2ncnc(Cl)c2c1C.CCc1[nH]c2ncnc(Nc3ccc4c(c3)C=NC4)c2c1C. The van der Waals surface area contributed by atoms with Crippen molar-refractivity contribution >= 4 is 51.4 Å². The van der Waals surface area contributed by atoms with Crippen LogP contribution in [0.1, 0.15) is 47.5 Å². The van der Waals surface area contributed by atoms with Crippen LogP contribution in [0.4, 0.5) is 11.5 Å². The van der Waals surface area contributed by atoms with Gasteiger partial charge in [0, 0.05) is 23.3 Å². The summed E-state index contributed by atoms with van der Waals surface area (Å²) in [6.07, 6.45) is 6.90. The molecule has 4 aromatic heterocycles. The Hall–Kier alpha value is -3.78. The summed E-state index contributed by atoms with van der Waals surface area (Å²) in [5.74, 6) is 0.841. The molecule has 0 unspecified atom stereocenters. The van der Waals surface area contributed by atoms with E-state index in [1.54, 1.807) is 6.33 Å². The van der Waals surface area contributed by atoms with E-state index in [2.05, 4.69) is 79.2 Å². The van der Waals surface area contributed by atoms with E-state index in [0.717, 1.165) is 58.5 Å². The van der Waals surface area contributed by atoms with Crippen molar-refractivity contribution in [3.63, 3.8) is 0 Å². The summed E-state index contributed by atoms with van der Waals surface area (Å²) in [6, 6.07) is 6.30. The van der Waals surface area contributed by atoms with E-state index in [0.29, 0.717) is 5.15 Å². The zero-order chi connectivity index (χ0) is 24.5. The maximum Gasteiger partial charge on any atom is 0.143 e. The fourth-order valence-electron chi connectivity index (χ4n) is 4.52. The monoisotopic (exact) mass is 486 g/mol. The van der Waals surface area contributed by atoms with Gasteiger partial charge in [-0.1, -0.05) is 31.5 Å². The van der Waals surface area contributed by atoms with Crippen LogP contribution in [0.25, 0.3) is 22.1 Å². The van der Waals surface area contributed by atoms with Gasteiger partial charge >= 0.3 is 0 Å². The van der Waals surface area contributed by atoms with Crippen LogP contribution in [0.2, 0.25) is 5.15 Å². The molecule has 35 heavy (non-hydrogen) atoms. The molecule has 0 aliphatic carbocycles. The molecule has 8 nitrogen and oxygen atoms in total. The van der Waals surface area contributed by atoms with E-state index in [9.17, 15) is 0 Å². The largest absolute Gasteiger partial charge is 0.343 e. The zero-order valence-corrected chi connectivity index (χ0v) is 21.0. The molecule has 6 rings (SSSR count). The molecule has 0 atom stereocenters. The molecule has 9 heteroatoms. The molecule has 5 aromatic rings. The number of aliphatic imine (C=N–C) groups is 1. The Bertz CT molecular complexity index is 1560. The number of hydrogen-bond donors (Lipinski definition) is 3. The lowest BCUT2D eigenvalue weighted by Gasteiger charge is -2.08. The molecular formula is C26H27ClN8. The normalized spacial score (nSPS) is 12.1. The van der Waals surface area contributed by atoms with Crippen LogP contribution in [0.3, 0.4) is 0 Å². The number of benzene rings is 1. The van der Waals surface area contributed by atoms with E-state index in [-0.39, 0.29) is 0 Å². The predicted octanol–water partition coefficient (Wildman–Crippen LogP) is 5.99. The van der Waals surface area contributed by atoms with Crippen LogP contribution in [-0.4, -0.2) is 36.1 Å². The van der Waals surface area contributed by atoms with Gasteiger partial charge < -0.3 is 15.3 Å². The second-order valence-corrected chi connectivity index (χ2v) is 8.86. The fraction of sp³-hybridized carbons (Fsp3) is 0.269. The van der Waals surface area contributed by atoms with E-state index in [4.69, 9.17) is 11.6 Å². The first kappa shape index (κ1) is 23.0. The van der Waals surface area contributed by atoms with Crippen molar-refractivity contribution in [2.75, 3.05) is 5.32 Å². The molecule has 1 aliphatic rings. The third kappa shape index (κ3) is 4.25. The van der Waals surface area contributed by atoms with Crippen LogP contribution >= 0.6 is 11.6 Å². The highest BCUT2D eigenvalue weighted by molar-refractivity contribution is 6.34. The summed E-state index contributed by atoms with van der Waals surface area (Å²) in [4.78, 5) is 27.7. The van der Waals surface area contributed by atoms with Crippen LogP contribution in [0.15, 0.2) is 35.8 Å². The number of nitrogens with one attached hydrogen (secondary N) is 3. The molecule has 0 spiro atoms. The summed E-state index contributed by atoms with van der Waals surface area (Å²) in [5.41, 5.74) is 9.93. The van der Waals surface area contributed by atoms with Crippen molar-refractivity contribution in [2.45, 2.75) is 47.1 Å². The Morgan fingerprint density at radius 3 is 2.23 bits per heavy atom.